The zero-order chi connectivity index (χ0) is 19.6. The molecule has 1 aromatic carbocycles. The number of amides is 3. The number of likely N-dealkylation sites (tertiary alicyclic amines) is 2. The van der Waals surface area contributed by atoms with E-state index in [0.717, 1.165) is 38.1 Å². The molecule has 0 aromatic heterocycles. The van der Waals surface area contributed by atoms with Crippen molar-refractivity contribution < 1.29 is 19.1 Å². The lowest BCUT2D eigenvalue weighted by Crippen LogP contribution is -2.71. The fourth-order valence-electron chi connectivity index (χ4n) is 4.30. The molecule has 1 spiro atoms. The van der Waals surface area contributed by atoms with E-state index in [-0.39, 0.29) is 17.7 Å². The Hall–Kier alpha value is -2.48. The molecule has 3 heterocycles. The smallest absolute Gasteiger partial charge is 0.407 e. The second-order valence-corrected chi connectivity index (χ2v) is 8.00. The quantitative estimate of drug-likeness (QED) is 0.790. The predicted octanol–water partition coefficient (Wildman–Crippen LogP) is 1.19. The van der Waals surface area contributed by atoms with Gasteiger partial charge in [-0.05, 0) is 36.8 Å². The van der Waals surface area contributed by atoms with Crippen LogP contribution in [0.15, 0.2) is 24.3 Å². The van der Waals surface area contributed by atoms with E-state index in [4.69, 9.17) is 15.2 Å². The molecular formula is C20H28N4O4. The molecule has 3 N–H and O–H groups in total. The largest absolute Gasteiger partial charge is 0.492 e. The molecule has 3 amide bonds. The van der Waals surface area contributed by atoms with E-state index >= 15 is 0 Å². The van der Waals surface area contributed by atoms with Gasteiger partial charge >= 0.3 is 12.1 Å². The van der Waals surface area contributed by atoms with E-state index in [0.29, 0.717) is 38.8 Å². The van der Waals surface area contributed by atoms with Crippen LogP contribution in [-0.2, 0) is 11.2 Å². The summed E-state index contributed by atoms with van der Waals surface area (Å²) in [4.78, 5) is 27.7. The Morgan fingerprint density at radius 2 is 2.00 bits per heavy atom. The lowest BCUT2D eigenvalue weighted by Gasteiger charge is -2.48. The van der Waals surface area contributed by atoms with Crippen LogP contribution >= 0.6 is 0 Å². The van der Waals surface area contributed by atoms with Crippen LogP contribution in [0.2, 0.25) is 0 Å². The number of nitrogens with two attached hydrogens (primary N) is 1. The van der Waals surface area contributed by atoms with Gasteiger partial charge in [0.1, 0.15) is 24.5 Å². The van der Waals surface area contributed by atoms with E-state index in [1.54, 1.807) is 4.90 Å². The maximum atomic E-state index is 12.7. The van der Waals surface area contributed by atoms with Crippen LogP contribution in [-0.4, -0.2) is 73.4 Å². The first-order chi connectivity index (χ1) is 13.6. The molecule has 3 aliphatic rings. The third kappa shape index (κ3) is 3.87. The highest BCUT2D eigenvalue weighted by Gasteiger charge is 2.52. The number of para-hydroxylation sites is 1. The average molecular weight is 388 g/mol. The number of carbonyl (C=O) groups excluding carboxylic acids is 2. The van der Waals surface area contributed by atoms with E-state index in [1.807, 2.05) is 23.1 Å². The Balaban J connectivity index is 1.25. The Labute approximate surface area is 164 Å². The number of rotatable bonds is 5. The van der Waals surface area contributed by atoms with Gasteiger partial charge in [-0.25, -0.2) is 9.59 Å². The molecule has 8 nitrogen and oxygen atoms in total. The minimum Gasteiger partial charge on any atom is -0.492 e. The summed E-state index contributed by atoms with van der Waals surface area (Å²) in [6.45, 7) is 3.97. The zero-order valence-electron chi connectivity index (χ0n) is 16.1. The highest BCUT2D eigenvalue weighted by Crippen LogP contribution is 2.30. The molecule has 0 radical (unpaired) electrons. The third-order valence-corrected chi connectivity index (χ3v) is 5.85. The van der Waals surface area contributed by atoms with Crippen LogP contribution in [0, 0.1) is 5.92 Å². The molecule has 0 atom stereocenters. The van der Waals surface area contributed by atoms with Crippen molar-refractivity contribution in [2.45, 2.75) is 24.8 Å². The van der Waals surface area contributed by atoms with Crippen molar-refractivity contribution in [1.29, 1.82) is 0 Å². The van der Waals surface area contributed by atoms with Crippen LogP contribution in [0.4, 0.5) is 9.59 Å². The number of ether oxygens (including phenoxy) is 2. The number of urea groups is 1. The maximum Gasteiger partial charge on any atom is 0.407 e. The lowest BCUT2D eigenvalue weighted by molar-refractivity contribution is 0.0473. The summed E-state index contributed by atoms with van der Waals surface area (Å²) in [5, 5.41) is 2.82. The van der Waals surface area contributed by atoms with Gasteiger partial charge in [0.2, 0.25) is 0 Å². The van der Waals surface area contributed by atoms with Crippen LogP contribution in [0.5, 0.6) is 5.75 Å². The number of piperidine rings is 1. The molecule has 0 aliphatic carbocycles. The molecule has 3 aliphatic heterocycles. The van der Waals surface area contributed by atoms with Gasteiger partial charge in [0.25, 0.3) is 0 Å². The first-order valence-electron chi connectivity index (χ1n) is 9.98. The van der Waals surface area contributed by atoms with Gasteiger partial charge in [0.15, 0.2) is 0 Å². The van der Waals surface area contributed by atoms with Gasteiger partial charge in [-0.15, -0.1) is 0 Å². The van der Waals surface area contributed by atoms with Gasteiger partial charge < -0.3 is 30.3 Å². The summed E-state index contributed by atoms with van der Waals surface area (Å²) in [5.74, 6) is 1.45. The number of hydrogen-bond acceptors (Lipinski definition) is 5. The Kier molecular flexibility index (Phi) is 5.30. The summed E-state index contributed by atoms with van der Waals surface area (Å²) >= 11 is 0. The summed E-state index contributed by atoms with van der Waals surface area (Å²) in [6, 6.07) is 8.19. The number of carbonyl (C=O) groups is 2. The molecular weight excluding hydrogens is 360 g/mol. The minimum atomic E-state index is -0.386. The average Bonchev–Trinajstić information content (AvgIpc) is 3.08. The normalized spacial score (nSPS) is 21.2. The van der Waals surface area contributed by atoms with Crippen molar-refractivity contribution in [3.63, 3.8) is 0 Å². The SMILES string of the molecule is NCCOc1ccccc1CC1CCN(C(=O)N2CC3(COC(=O)N3)C2)CC1. The first kappa shape index (κ1) is 18.9. The number of benzene rings is 1. The van der Waals surface area contributed by atoms with Crippen LogP contribution in [0.3, 0.4) is 0 Å². The summed E-state index contributed by atoms with van der Waals surface area (Å²) in [6.07, 6.45) is 2.54. The first-order valence-corrected chi connectivity index (χ1v) is 9.98. The van der Waals surface area contributed by atoms with Crippen molar-refractivity contribution in [3.05, 3.63) is 29.8 Å². The van der Waals surface area contributed by atoms with E-state index in [2.05, 4.69) is 11.4 Å². The molecule has 28 heavy (non-hydrogen) atoms. The number of hydrogen-bond donors (Lipinski definition) is 2. The fourth-order valence-corrected chi connectivity index (χ4v) is 4.30. The lowest BCUT2D eigenvalue weighted by atomic mass is 9.89. The van der Waals surface area contributed by atoms with Crippen molar-refractivity contribution in [2.24, 2.45) is 11.7 Å². The number of nitrogens with zero attached hydrogens (tertiary/aromatic N) is 2. The summed E-state index contributed by atoms with van der Waals surface area (Å²) in [7, 11) is 0. The van der Waals surface area contributed by atoms with Gasteiger partial charge in [-0.2, -0.15) is 0 Å². The van der Waals surface area contributed by atoms with Crippen molar-refractivity contribution >= 4 is 12.1 Å². The standard InChI is InChI=1S/C20H28N4O4/c21-7-10-27-17-4-2-1-3-16(17)11-15-5-8-23(9-6-15)19(26)24-12-20(13-24)14-28-18(25)22-20/h1-4,15H,5-14,21H2,(H,22,25). The van der Waals surface area contributed by atoms with Crippen molar-refractivity contribution in [2.75, 3.05) is 45.9 Å². The van der Waals surface area contributed by atoms with Gasteiger partial charge in [0, 0.05) is 19.6 Å². The Bertz CT molecular complexity index is 727. The second-order valence-electron chi connectivity index (χ2n) is 8.00. The van der Waals surface area contributed by atoms with Gasteiger partial charge in [-0.1, -0.05) is 18.2 Å². The molecule has 0 saturated carbocycles. The van der Waals surface area contributed by atoms with E-state index in [1.165, 1.54) is 5.56 Å². The van der Waals surface area contributed by atoms with Crippen LogP contribution < -0.4 is 15.8 Å². The summed E-state index contributed by atoms with van der Waals surface area (Å²) in [5.41, 5.74) is 6.39. The van der Waals surface area contributed by atoms with Crippen molar-refractivity contribution in [1.82, 2.24) is 15.1 Å². The minimum absolute atomic E-state index is 0.0666. The highest BCUT2D eigenvalue weighted by molar-refractivity contribution is 5.78. The molecule has 0 bridgehead atoms. The fraction of sp³-hybridized carbons (Fsp3) is 0.600. The number of alkyl carbamates (subject to hydrolysis) is 1. The molecule has 152 valence electrons. The maximum absolute atomic E-state index is 12.7. The topological polar surface area (TPSA) is 97.1 Å². The Morgan fingerprint density at radius 1 is 1.25 bits per heavy atom. The zero-order valence-corrected chi connectivity index (χ0v) is 16.1. The monoisotopic (exact) mass is 388 g/mol. The van der Waals surface area contributed by atoms with E-state index in [9.17, 15) is 9.59 Å². The molecule has 8 heteroatoms. The Morgan fingerprint density at radius 3 is 2.68 bits per heavy atom. The summed E-state index contributed by atoms with van der Waals surface area (Å²) < 4.78 is 10.7. The number of nitrogens with one attached hydrogen (secondary N) is 1. The molecule has 3 fully saturated rings. The van der Waals surface area contributed by atoms with Gasteiger partial charge in [0.05, 0.1) is 13.1 Å². The molecule has 0 unspecified atom stereocenters. The molecule has 4 rings (SSSR count). The van der Waals surface area contributed by atoms with Crippen molar-refractivity contribution in [3.8, 4) is 5.75 Å². The third-order valence-electron chi connectivity index (χ3n) is 5.85. The van der Waals surface area contributed by atoms with Gasteiger partial charge in [-0.3, -0.25) is 0 Å². The molecule has 3 saturated heterocycles. The second kappa shape index (κ2) is 7.87. The number of cyclic esters (lactones) is 1. The highest BCUT2D eigenvalue weighted by atomic mass is 16.6. The molecule has 1 aromatic rings. The van der Waals surface area contributed by atoms with Crippen LogP contribution in [0.25, 0.3) is 0 Å². The van der Waals surface area contributed by atoms with E-state index < -0.39 is 0 Å². The predicted molar refractivity (Wildman–Crippen MR) is 103 cm³/mol. The van der Waals surface area contributed by atoms with Crippen LogP contribution in [0.1, 0.15) is 18.4 Å².